The molecule has 1 aromatic rings. The molecule has 0 aromatic heterocycles. The van der Waals surface area contributed by atoms with Crippen LogP contribution in [0, 0.1) is 11.2 Å². The van der Waals surface area contributed by atoms with Gasteiger partial charge < -0.3 is 4.90 Å². The van der Waals surface area contributed by atoms with E-state index in [9.17, 15) is 14.0 Å². The Morgan fingerprint density at radius 1 is 1.47 bits per heavy atom. The summed E-state index contributed by atoms with van der Waals surface area (Å²) in [5.41, 5.74) is 7.35. The number of amides is 1. The Kier molecular flexibility index (Phi) is 3.00. The number of azide groups is 1. The van der Waals surface area contributed by atoms with E-state index in [-0.39, 0.29) is 12.1 Å². The Bertz CT molecular complexity index is 624. The first-order chi connectivity index (χ1) is 8.91. The maximum atomic E-state index is 13.3. The fraction of sp³-hybridized carbons (Fsp3) is 0.333. The highest BCUT2D eigenvalue weighted by molar-refractivity contribution is 6.24. The second-order valence-corrected chi connectivity index (χ2v) is 4.58. The summed E-state index contributed by atoms with van der Waals surface area (Å²) in [6.45, 7) is 1.11. The zero-order chi connectivity index (χ0) is 14.2. The van der Waals surface area contributed by atoms with Gasteiger partial charge in [-0.3, -0.25) is 9.59 Å². The number of ketones is 1. The van der Waals surface area contributed by atoms with Gasteiger partial charge in [-0.2, -0.15) is 0 Å². The number of Topliss-reactive ketones (excluding diaryl/α,β-unsaturated/α-hetero) is 1. The van der Waals surface area contributed by atoms with Crippen molar-refractivity contribution >= 4 is 17.4 Å². The van der Waals surface area contributed by atoms with Gasteiger partial charge in [0.1, 0.15) is 11.2 Å². The van der Waals surface area contributed by atoms with Crippen LogP contribution in [0.15, 0.2) is 23.3 Å². The van der Waals surface area contributed by atoms with Crippen molar-refractivity contribution < 1.29 is 14.0 Å². The van der Waals surface area contributed by atoms with E-state index in [1.54, 1.807) is 0 Å². The fourth-order valence-corrected chi connectivity index (χ4v) is 2.17. The first-order valence-corrected chi connectivity index (χ1v) is 5.55. The number of benzene rings is 1. The molecular formula is C12H11FN4O2. The summed E-state index contributed by atoms with van der Waals surface area (Å²) in [7, 11) is 1.50. The number of hydrogen-bond donors (Lipinski definition) is 0. The average molecular weight is 262 g/mol. The summed E-state index contributed by atoms with van der Waals surface area (Å²) in [6.07, 6.45) is 0. The highest BCUT2D eigenvalue weighted by Crippen LogP contribution is 2.37. The van der Waals surface area contributed by atoms with Gasteiger partial charge in [0.25, 0.3) is 0 Å². The number of carbonyl (C=O) groups excluding carboxylic acids is 2. The van der Waals surface area contributed by atoms with Crippen LogP contribution in [-0.4, -0.2) is 25.3 Å². The van der Waals surface area contributed by atoms with Gasteiger partial charge >= 0.3 is 0 Å². The minimum atomic E-state index is -1.48. The molecule has 0 radical (unpaired) electrons. The Morgan fingerprint density at radius 2 is 2.16 bits per heavy atom. The third-order valence-electron chi connectivity index (χ3n) is 3.29. The van der Waals surface area contributed by atoms with E-state index in [0.29, 0.717) is 5.69 Å². The number of nitrogens with zero attached hydrogens (tertiary/aromatic N) is 4. The zero-order valence-corrected chi connectivity index (χ0v) is 10.4. The maximum Gasteiger partial charge on any atom is 0.240 e. The summed E-state index contributed by atoms with van der Waals surface area (Å²) >= 11 is 0. The molecule has 1 amide bonds. The third kappa shape index (κ3) is 1.84. The molecule has 1 heterocycles. The Hall–Kier alpha value is -2.40. The predicted octanol–water partition coefficient (Wildman–Crippen LogP) is 2.30. The molecule has 7 heteroatoms. The molecular weight excluding hydrogens is 251 g/mol. The molecule has 0 spiro atoms. The molecule has 19 heavy (non-hydrogen) atoms. The van der Waals surface area contributed by atoms with Crippen molar-refractivity contribution in [2.24, 2.45) is 10.5 Å². The van der Waals surface area contributed by atoms with Crippen LogP contribution in [0.3, 0.4) is 0 Å². The second kappa shape index (κ2) is 4.37. The van der Waals surface area contributed by atoms with E-state index in [0.717, 1.165) is 6.07 Å². The van der Waals surface area contributed by atoms with Crippen LogP contribution in [0.1, 0.15) is 17.3 Å². The van der Waals surface area contributed by atoms with E-state index < -0.39 is 22.9 Å². The van der Waals surface area contributed by atoms with E-state index in [4.69, 9.17) is 5.53 Å². The minimum absolute atomic E-state index is 0.123. The molecule has 6 nitrogen and oxygen atoms in total. The lowest BCUT2D eigenvalue weighted by molar-refractivity contribution is -0.124. The van der Waals surface area contributed by atoms with Crippen molar-refractivity contribution in [3.8, 4) is 0 Å². The van der Waals surface area contributed by atoms with Crippen LogP contribution in [0.25, 0.3) is 10.4 Å². The normalized spacial score (nSPS) is 21.9. The van der Waals surface area contributed by atoms with Crippen LogP contribution in [0.2, 0.25) is 0 Å². The van der Waals surface area contributed by atoms with Crippen molar-refractivity contribution in [3.63, 3.8) is 0 Å². The molecule has 0 fully saturated rings. The number of rotatable bonds is 2. The number of hydrogen-bond acceptors (Lipinski definition) is 3. The summed E-state index contributed by atoms with van der Waals surface area (Å²) < 4.78 is 13.3. The van der Waals surface area contributed by atoms with Gasteiger partial charge in [0.15, 0.2) is 5.78 Å². The number of halogens is 1. The Morgan fingerprint density at radius 3 is 2.79 bits per heavy atom. The quantitative estimate of drug-likeness (QED) is 0.354. The van der Waals surface area contributed by atoms with Crippen molar-refractivity contribution in [2.75, 3.05) is 18.5 Å². The van der Waals surface area contributed by atoms with E-state index in [2.05, 4.69) is 10.0 Å². The molecule has 0 aliphatic carbocycles. The molecule has 1 atom stereocenters. The Labute approximate surface area is 108 Å². The topological polar surface area (TPSA) is 86.1 Å². The lowest BCUT2D eigenvalue weighted by Gasteiger charge is -2.36. The summed E-state index contributed by atoms with van der Waals surface area (Å²) in [4.78, 5) is 28.4. The molecule has 98 valence electrons. The molecule has 1 unspecified atom stereocenters. The van der Waals surface area contributed by atoms with Crippen LogP contribution in [0.5, 0.6) is 0 Å². The molecule has 0 bridgehead atoms. The van der Waals surface area contributed by atoms with Gasteiger partial charge in [0.05, 0.1) is 5.69 Å². The lowest BCUT2D eigenvalue weighted by Crippen LogP contribution is -2.51. The van der Waals surface area contributed by atoms with Crippen molar-refractivity contribution in [1.29, 1.82) is 0 Å². The summed E-state index contributed by atoms with van der Waals surface area (Å²) in [5, 5.41) is 3.32. The number of carbonyl (C=O) groups is 2. The first kappa shape index (κ1) is 13.0. The standard InChI is InChI=1S/C12H11FN4O2/c1-12(6-15-16-14)10(18)8-5-7(13)3-4-9(8)17(2)11(12)19/h3-5H,6H2,1-2H3. The highest BCUT2D eigenvalue weighted by atomic mass is 19.1. The molecule has 0 saturated carbocycles. The van der Waals surface area contributed by atoms with Gasteiger partial charge in [-0.15, -0.1) is 0 Å². The molecule has 2 rings (SSSR count). The zero-order valence-electron chi connectivity index (χ0n) is 10.4. The van der Waals surface area contributed by atoms with Crippen LogP contribution >= 0.6 is 0 Å². The SMILES string of the molecule is CN1C(=O)C(C)(CN=[N+]=[N-])C(=O)c2cc(F)ccc21. The smallest absolute Gasteiger partial charge is 0.240 e. The van der Waals surface area contributed by atoms with Gasteiger partial charge in [-0.25, -0.2) is 4.39 Å². The first-order valence-electron chi connectivity index (χ1n) is 5.55. The molecule has 1 aromatic carbocycles. The predicted molar refractivity (Wildman–Crippen MR) is 66.3 cm³/mol. The van der Waals surface area contributed by atoms with Crippen molar-refractivity contribution in [3.05, 3.63) is 40.0 Å². The molecule has 0 N–H and O–H groups in total. The maximum absolute atomic E-state index is 13.3. The minimum Gasteiger partial charge on any atom is -0.314 e. The lowest BCUT2D eigenvalue weighted by atomic mass is 9.77. The molecule has 0 saturated heterocycles. The average Bonchev–Trinajstić information content (AvgIpc) is 2.41. The van der Waals surface area contributed by atoms with Crippen molar-refractivity contribution in [1.82, 2.24) is 0 Å². The summed E-state index contributed by atoms with van der Waals surface area (Å²) in [5.74, 6) is -1.55. The van der Waals surface area contributed by atoms with E-state index >= 15 is 0 Å². The number of anilines is 1. The van der Waals surface area contributed by atoms with E-state index in [1.165, 1.54) is 31.0 Å². The highest BCUT2D eigenvalue weighted by Gasteiger charge is 2.48. The third-order valence-corrected chi connectivity index (χ3v) is 3.29. The van der Waals surface area contributed by atoms with Gasteiger partial charge in [0.2, 0.25) is 5.91 Å². The van der Waals surface area contributed by atoms with Crippen LogP contribution < -0.4 is 4.90 Å². The van der Waals surface area contributed by atoms with Gasteiger partial charge in [-0.1, -0.05) is 5.11 Å². The van der Waals surface area contributed by atoms with Crippen LogP contribution in [-0.2, 0) is 4.79 Å². The van der Waals surface area contributed by atoms with Crippen molar-refractivity contribution in [2.45, 2.75) is 6.92 Å². The molecule has 1 aliphatic rings. The van der Waals surface area contributed by atoms with Crippen LogP contribution in [0.4, 0.5) is 10.1 Å². The Balaban J connectivity index is 2.61. The fourth-order valence-electron chi connectivity index (χ4n) is 2.17. The monoisotopic (exact) mass is 262 g/mol. The molecule has 1 aliphatic heterocycles. The largest absolute Gasteiger partial charge is 0.314 e. The van der Waals surface area contributed by atoms with E-state index in [1.807, 2.05) is 0 Å². The second-order valence-electron chi connectivity index (χ2n) is 4.58. The van der Waals surface area contributed by atoms with Gasteiger partial charge in [0, 0.05) is 24.1 Å². The van der Waals surface area contributed by atoms with Gasteiger partial charge in [-0.05, 0) is 30.7 Å². The number of fused-ring (bicyclic) bond motifs is 1. The summed E-state index contributed by atoms with van der Waals surface area (Å²) in [6, 6.07) is 3.66.